The number of hydrogen-bond donors (Lipinski definition) is 0. The van der Waals surface area contributed by atoms with E-state index in [1.807, 2.05) is 29.2 Å². The van der Waals surface area contributed by atoms with Crippen molar-refractivity contribution in [2.75, 3.05) is 26.2 Å². The summed E-state index contributed by atoms with van der Waals surface area (Å²) in [6.07, 6.45) is 5.01. The molecule has 0 bridgehead atoms. The molecule has 2 aromatic heterocycles. The molecule has 4 rings (SSSR count). The van der Waals surface area contributed by atoms with Gasteiger partial charge in [0, 0.05) is 38.6 Å². The highest BCUT2D eigenvalue weighted by atomic mass is 16.5. The largest absolute Gasteiger partial charge is 0.361 e. The fourth-order valence-electron chi connectivity index (χ4n) is 4.53. The average Bonchev–Trinajstić information content (AvgIpc) is 3.09. The molecule has 0 aliphatic carbocycles. The first kappa shape index (κ1) is 22.7. The molecule has 7 heteroatoms. The normalized spacial score (nSPS) is 16.7. The van der Waals surface area contributed by atoms with Crippen LogP contribution in [0, 0.1) is 19.8 Å². The second-order valence-corrected chi connectivity index (χ2v) is 8.61. The molecule has 1 aliphatic heterocycles. The van der Waals surface area contributed by atoms with Crippen LogP contribution < -0.4 is 0 Å². The van der Waals surface area contributed by atoms with Gasteiger partial charge in [0.25, 0.3) is 5.91 Å². The van der Waals surface area contributed by atoms with Gasteiger partial charge in [-0.1, -0.05) is 36.3 Å². The van der Waals surface area contributed by atoms with Gasteiger partial charge in [-0.2, -0.15) is 0 Å². The Labute approximate surface area is 194 Å². The highest BCUT2D eigenvalue weighted by Crippen LogP contribution is 2.24. The summed E-state index contributed by atoms with van der Waals surface area (Å²) < 4.78 is 5.22. The molecule has 7 nitrogen and oxygen atoms in total. The fourth-order valence-corrected chi connectivity index (χ4v) is 4.53. The third kappa shape index (κ3) is 4.97. The van der Waals surface area contributed by atoms with Crippen LogP contribution in [0.25, 0.3) is 11.1 Å². The molecule has 1 unspecified atom stereocenters. The maximum atomic E-state index is 13.4. The van der Waals surface area contributed by atoms with Crippen molar-refractivity contribution in [1.82, 2.24) is 19.9 Å². The molecule has 1 aliphatic rings. The van der Waals surface area contributed by atoms with Gasteiger partial charge in [-0.25, -0.2) is 0 Å². The first-order chi connectivity index (χ1) is 16.0. The SMILES string of the molecule is CCCN1CCN(C(=O)c2c(C)noc2C)CC(Cc2cccc(-c3ccncc3)c2)C1=O. The van der Waals surface area contributed by atoms with Crippen LogP contribution in [-0.2, 0) is 11.2 Å². The van der Waals surface area contributed by atoms with E-state index in [0.29, 0.717) is 49.6 Å². The van der Waals surface area contributed by atoms with E-state index in [9.17, 15) is 9.59 Å². The number of aromatic nitrogens is 2. The number of pyridine rings is 1. The van der Waals surface area contributed by atoms with E-state index < -0.39 is 0 Å². The van der Waals surface area contributed by atoms with E-state index in [2.05, 4.69) is 29.2 Å². The molecule has 0 N–H and O–H groups in total. The van der Waals surface area contributed by atoms with Gasteiger partial charge in [-0.3, -0.25) is 14.6 Å². The Kier molecular flexibility index (Phi) is 6.87. The summed E-state index contributed by atoms with van der Waals surface area (Å²) in [5.41, 5.74) is 4.34. The summed E-state index contributed by atoms with van der Waals surface area (Å²) in [5.74, 6) is 0.199. The predicted octanol–water partition coefficient (Wildman–Crippen LogP) is 3.91. The lowest BCUT2D eigenvalue weighted by atomic mass is 9.94. The first-order valence-electron chi connectivity index (χ1n) is 11.5. The third-order valence-electron chi connectivity index (χ3n) is 6.19. The number of nitrogens with zero attached hydrogens (tertiary/aromatic N) is 4. The highest BCUT2D eigenvalue weighted by Gasteiger charge is 2.34. The van der Waals surface area contributed by atoms with Gasteiger partial charge in [0.05, 0.1) is 11.6 Å². The van der Waals surface area contributed by atoms with E-state index in [-0.39, 0.29) is 17.7 Å². The lowest BCUT2D eigenvalue weighted by molar-refractivity contribution is -0.134. The summed E-state index contributed by atoms with van der Waals surface area (Å²) in [7, 11) is 0. The number of amides is 2. The molecular formula is C26H30N4O3. The molecule has 0 saturated carbocycles. The van der Waals surface area contributed by atoms with Crippen molar-refractivity contribution in [3.05, 3.63) is 71.4 Å². The van der Waals surface area contributed by atoms with Crippen molar-refractivity contribution >= 4 is 11.8 Å². The molecule has 3 aromatic rings. The van der Waals surface area contributed by atoms with Gasteiger partial charge in [0.2, 0.25) is 5.91 Å². The second-order valence-electron chi connectivity index (χ2n) is 8.61. The Morgan fingerprint density at radius 1 is 1.12 bits per heavy atom. The number of hydrogen-bond acceptors (Lipinski definition) is 5. The van der Waals surface area contributed by atoms with Crippen molar-refractivity contribution in [3.8, 4) is 11.1 Å². The quantitative estimate of drug-likeness (QED) is 0.574. The van der Waals surface area contributed by atoms with Gasteiger partial charge in [0.1, 0.15) is 11.3 Å². The molecule has 33 heavy (non-hydrogen) atoms. The molecule has 1 saturated heterocycles. The number of rotatable bonds is 6. The maximum Gasteiger partial charge on any atom is 0.259 e. The van der Waals surface area contributed by atoms with Gasteiger partial charge in [0.15, 0.2) is 0 Å². The van der Waals surface area contributed by atoms with Crippen molar-refractivity contribution in [3.63, 3.8) is 0 Å². The minimum atomic E-state index is -0.309. The van der Waals surface area contributed by atoms with Crippen molar-refractivity contribution in [2.45, 2.75) is 33.6 Å². The number of benzene rings is 1. The summed E-state index contributed by atoms with van der Waals surface area (Å²) in [4.78, 5) is 34.6. The molecular weight excluding hydrogens is 416 g/mol. The molecule has 0 spiro atoms. The fraction of sp³-hybridized carbons (Fsp3) is 0.385. The minimum Gasteiger partial charge on any atom is -0.361 e. The van der Waals surface area contributed by atoms with E-state index in [0.717, 1.165) is 23.1 Å². The van der Waals surface area contributed by atoms with Gasteiger partial charge in [-0.15, -0.1) is 0 Å². The molecule has 1 atom stereocenters. The lowest BCUT2D eigenvalue weighted by Crippen LogP contribution is -2.38. The zero-order valence-electron chi connectivity index (χ0n) is 19.5. The average molecular weight is 447 g/mol. The van der Waals surface area contributed by atoms with Crippen LogP contribution in [0.5, 0.6) is 0 Å². The predicted molar refractivity (Wildman–Crippen MR) is 126 cm³/mol. The summed E-state index contributed by atoms with van der Waals surface area (Å²) in [6.45, 7) is 7.71. The topological polar surface area (TPSA) is 79.5 Å². The van der Waals surface area contributed by atoms with Crippen LogP contribution in [-0.4, -0.2) is 57.9 Å². The van der Waals surface area contributed by atoms with Crippen molar-refractivity contribution in [2.24, 2.45) is 5.92 Å². The highest BCUT2D eigenvalue weighted by molar-refractivity contribution is 5.96. The monoisotopic (exact) mass is 446 g/mol. The van der Waals surface area contributed by atoms with E-state index in [1.165, 1.54) is 0 Å². The van der Waals surface area contributed by atoms with E-state index in [1.54, 1.807) is 31.1 Å². The Bertz CT molecular complexity index is 1110. The zero-order chi connectivity index (χ0) is 23.4. The lowest BCUT2D eigenvalue weighted by Gasteiger charge is -2.24. The van der Waals surface area contributed by atoms with Crippen molar-refractivity contribution < 1.29 is 14.1 Å². The van der Waals surface area contributed by atoms with Crippen LogP contribution in [0.4, 0.5) is 0 Å². The van der Waals surface area contributed by atoms with E-state index in [4.69, 9.17) is 4.52 Å². The number of carbonyl (C=O) groups excluding carboxylic acids is 2. The second kappa shape index (κ2) is 9.98. The Hall–Kier alpha value is -3.48. The Balaban J connectivity index is 1.60. The molecule has 3 heterocycles. The zero-order valence-corrected chi connectivity index (χ0v) is 19.5. The summed E-state index contributed by atoms with van der Waals surface area (Å²) in [6, 6.07) is 12.2. The molecule has 172 valence electrons. The van der Waals surface area contributed by atoms with Gasteiger partial charge < -0.3 is 14.3 Å². The van der Waals surface area contributed by atoms with Crippen molar-refractivity contribution in [1.29, 1.82) is 0 Å². The van der Waals surface area contributed by atoms with Gasteiger partial charge >= 0.3 is 0 Å². The van der Waals surface area contributed by atoms with Crippen LogP contribution in [0.1, 0.15) is 40.7 Å². The molecule has 1 fully saturated rings. The van der Waals surface area contributed by atoms with E-state index >= 15 is 0 Å². The minimum absolute atomic E-state index is 0.111. The third-order valence-corrected chi connectivity index (χ3v) is 6.19. The molecule has 1 aromatic carbocycles. The Morgan fingerprint density at radius 2 is 1.91 bits per heavy atom. The number of carbonyl (C=O) groups is 2. The smallest absolute Gasteiger partial charge is 0.259 e. The van der Waals surface area contributed by atoms with Crippen LogP contribution in [0.2, 0.25) is 0 Å². The molecule has 2 amide bonds. The maximum absolute atomic E-state index is 13.4. The Morgan fingerprint density at radius 3 is 2.61 bits per heavy atom. The van der Waals surface area contributed by atoms with Crippen LogP contribution >= 0.6 is 0 Å². The summed E-state index contributed by atoms with van der Waals surface area (Å²) >= 11 is 0. The first-order valence-corrected chi connectivity index (χ1v) is 11.5. The summed E-state index contributed by atoms with van der Waals surface area (Å²) in [5, 5.41) is 3.94. The van der Waals surface area contributed by atoms with Gasteiger partial charge in [-0.05, 0) is 55.5 Å². The van der Waals surface area contributed by atoms with Crippen LogP contribution in [0.15, 0.2) is 53.3 Å². The molecule has 0 radical (unpaired) electrons. The number of aryl methyl sites for hydroxylation is 2. The standard InChI is InChI=1S/C26H30N4O3/c1-4-12-29-13-14-30(26(32)24-18(2)28-33-19(24)3)17-23(25(29)31)16-20-6-5-7-22(15-20)21-8-10-27-11-9-21/h5-11,15,23H,4,12-14,16-17H2,1-3H3. The van der Waals surface area contributed by atoms with Crippen LogP contribution in [0.3, 0.4) is 0 Å².